The molecule has 214 valence electrons. The van der Waals surface area contributed by atoms with Crippen molar-refractivity contribution in [3.63, 3.8) is 0 Å². The van der Waals surface area contributed by atoms with Crippen LogP contribution in [0.4, 0.5) is 0 Å². The van der Waals surface area contributed by atoms with Crippen molar-refractivity contribution in [3.05, 3.63) is 74.4 Å². The molecule has 4 aromatic rings. The number of alkyl halides is 4. The fraction of sp³-hybridized carbons (Fsp3) is 0.286. The zero-order valence-corrected chi connectivity index (χ0v) is 36.5. The van der Waals surface area contributed by atoms with Crippen LogP contribution in [-0.4, -0.2) is 33.5 Å². The molecule has 40 heavy (non-hydrogen) atoms. The van der Waals surface area contributed by atoms with Crippen molar-refractivity contribution >= 4 is 181 Å². The monoisotopic (exact) mass is 1180 g/mol. The second kappa shape index (κ2) is 15.4. The van der Waals surface area contributed by atoms with E-state index in [-0.39, 0.29) is 15.6 Å². The lowest BCUT2D eigenvalue weighted by Crippen LogP contribution is -2.13. The van der Waals surface area contributed by atoms with Gasteiger partial charge >= 0.3 is 0 Å². The van der Waals surface area contributed by atoms with Gasteiger partial charge in [-0.1, -0.05) is 115 Å². The zero-order chi connectivity index (χ0) is 29.3. The Balaban J connectivity index is 1.78. The fourth-order valence-corrected chi connectivity index (χ4v) is 7.94. The van der Waals surface area contributed by atoms with E-state index in [9.17, 15) is 0 Å². The maximum atomic E-state index is 6.27. The van der Waals surface area contributed by atoms with Crippen molar-refractivity contribution in [1.29, 1.82) is 0 Å². The van der Waals surface area contributed by atoms with E-state index in [0.29, 0.717) is 13.2 Å². The van der Waals surface area contributed by atoms with Crippen molar-refractivity contribution in [2.45, 2.75) is 22.5 Å². The van der Waals surface area contributed by atoms with Crippen LogP contribution in [0.2, 0.25) is 0 Å². The van der Waals surface area contributed by atoms with Gasteiger partial charge in [0.2, 0.25) is 0 Å². The summed E-state index contributed by atoms with van der Waals surface area (Å²) in [6.07, 6.45) is 0. The van der Waals surface area contributed by atoms with Crippen LogP contribution in [-0.2, 0) is 0 Å². The molecule has 0 aliphatic carbocycles. The van der Waals surface area contributed by atoms with Crippen molar-refractivity contribution in [2.24, 2.45) is 0 Å². The molecule has 2 nitrogen and oxygen atoms in total. The molecule has 0 radical (unpaired) electrons. The first-order valence-corrected chi connectivity index (χ1v) is 20.7. The second-order valence-electron chi connectivity index (χ2n) is 9.05. The van der Waals surface area contributed by atoms with Gasteiger partial charge in [-0.2, -0.15) is 0 Å². The molecule has 0 amide bonds. The number of halogens is 10. The zero-order valence-electron chi connectivity index (χ0n) is 20.6. The van der Waals surface area contributed by atoms with Gasteiger partial charge in [0.15, 0.2) is 0 Å². The summed E-state index contributed by atoms with van der Waals surface area (Å²) >= 11 is 36.8. The molecule has 0 saturated carbocycles. The van der Waals surface area contributed by atoms with E-state index >= 15 is 0 Å². The third kappa shape index (κ3) is 7.77. The lowest BCUT2D eigenvalue weighted by molar-refractivity contribution is 0.327. The van der Waals surface area contributed by atoms with E-state index in [1.165, 1.54) is 11.1 Å². The largest absolute Gasteiger partial charge is 0.490 e. The second-order valence-corrected chi connectivity index (χ2v) is 17.9. The number of benzene rings is 4. The van der Waals surface area contributed by atoms with Gasteiger partial charge in [-0.3, -0.25) is 0 Å². The van der Waals surface area contributed by atoms with Gasteiger partial charge in [0.25, 0.3) is 0 Å². The van der Waals surface area contributed by atoms with E-state index in [4.69, 9.17) is 9.47 Å². The van der Waals surface area contributed by atoms with Crippen LogP contribution in [0.3, 0.4) is 0 Å². The van der Waals surface area contributed by atoms with Crippen molar-refractivity contribution in [3.8, 4) is 11.5 Å². The Hall–Kier alpha value is 1.80. The molecule has 0 fully saturated rings. The summed E-state index contributed by atoms with van der Waals surface area (Å²) in [4.78, 5) is 0.407. The third-order valence-electron chi connectivity index (χ3n) is 6.27. The number of ether oxygens (including phenoxy) is 2. The summed E-state index contributed by atoms with van der Waals surface area (Å²) in [6, 6.07) is 13.1. The van der Waals surface area contributed by atoms with Gasteiger partial charge in [0.05, 0.1) is 18.6 Å². The Labute approximate surface area is 318 Å². The number of hydrogen-bond donors (Lipinski definition) is 0. The van der Waals surface area contributed by atoms with E-state index in [0.717, 1.165) is 70.5 Å². The molecule has 0 heterocycles. The summed E-state index contributed by atoms with van der Waals surface area (Å²) in [5.41, 5.74) is 2.38. The van der Waals surface area contributed by atoms with Crippen LogP contribution in [0, 0.1) is 0 Å². The Bertz CT molecular complexity index is 1440. The highest BCUT2D eigenvalue weighted by Gasteiger charge is 2.21. The van der Waals surface area contributed by atoms with Gasteiger partial charge in [-0.05, 0) is 110 Å². The maximum Gasteiger partial charge on any atom is 0.143 e. The van der Waals surface area contributed by atoms with Crippen LogP contribution >= 0.6 is 159 Å². The molecular formula is C28H20Br10O2. The molecule has 0 spiro atoms. The number of rotatable bonds is 10. The quantitative estimate of drug-likeness (QED) is 0.147. The van der Waals surface area contributed by atoms with E-state index in [1.54, 1.807) is 0 Å². The minimum Gasteiger partial charge on any atom is -0.490 e. The number of hydrogen-bond acceptors (Lipinski definition) is 2. The lowest BCUT2D eigenvalue weighted by atomic mass is 9.90. The third-order valence-corrected chi connectivity index (χ3v) is 15.9. The van der Waals surface area contributed by atoms with E-state index in [1.807, 2.05) is 0 Å². The Morgan fingerprint density at radius 1 is 0.575 bits per heavy atom. The highest BCUT2D eigenvalue weighted by molar-refractivity contribution is 9.14. The first-order valence-electron chi connectivity index (χ1n) is 11.8. The maximum absolute atomic E-state index is 6.27. The SMILES string of the molecule is CC(c1cc(Br)c2c(OCC(Br)CBr)c(Br)c(Br)cc2c1)c1cc(Br)c2c(OCC(Br)CBr)c(Br)c(Br)cc2c1. The van der Waals surface area contributed by atoms with Gasteiger partial charge in [0.1, 0.15) is 24.7 Å². The lowest BCUT2D eigenvalue weighted by Gasteiger charge is -2.20. The summed E-state index contributed by atoms with van der Waals surface area (Å²) in [5.74, 6) is 1.74. The first-order chi connectivity index (χ1) is 19.0. The molecule has 2 atom stereocenters. The average Bonchev–Trinajstić information content (AvgIpc) is 2.92. The molecular weight excluding hydrogens is 1170 g/mol. The molecule has 0 saturated heterocycles. The summed E-state index contributed by atoms with van der Waals surface area (Å²) in [5, 5.41) is 5.84. The molecule has 0 bridgehead atoms. The Morgan fingerprint density at radius 3 is 1.30 bits per heavy atom. The van der Waals surface area contributed by atoms with Crippen molar-refractivity contribution < 1.29 is 9.47 Å². The molecule has 12 heteroatoms. The first kappa shape index (κ1) is 34.7. The smallest absolute Gasteiger partial charge is 0.143 e. The highest BCUT2D eigenvalue weighted by atomic mass is 79.9. The number of fused-ring (bicyclic) bond motifs is 2. The minimum absolute atomic E-state index is 0.126. The average molecular weight is 1190 g/mol. The molecule has 0 aliphatic heterocycles. The van der Waals surface area contributed by atoms with Crippen LogP contribution in [0.15, 0.2) is 63.2 Å². The normalized spacial score (nSPS) is 14.0. The Morgan fingerprint density at radius 2 is 0.950 bits per heavy atom. The van der Waals surface area contributed by atoms with Gasteiger partial charge in [-0.25, -0.2) is 0 Å². The Kier molecular flexibility index (Phi) is 13.3. The van der Waals surface area contributed by atoms with E-state index < -0.39 is 0 Å². The van der Waals surface area contributed by atoms with E-state index in [2.05, 4.69) is 203 Å². The fourth-order valence-electron chi connectivity index (χ4n) is 4.24. The molecule has 2 unspecified atom stereocenters. The highest BCUT2D eigenvalue weighted by Crippen LogP contribution is 2.47. The molecule has 0 aliphatic rings. The van der Waals surface area contributed by atoms with Gasteiger partial charge < -0.3 is 9.47 Å². The predicted molar refractivity (Wildman–Crippen MR) is 206 cm³/mol. The van der Waals surface area contributed by atoms with Gasteiger partial charge in [0, 0.05) is 45.2 Å². The van der Waals surface area contributed by atoms with Crippen molar-refractivity contribution in [2.75, 3.05) is 23.9 Å². The standard InChI is InChI=1S/C28H20Br10O2/c1-12(13-2-15-6-21(35)25(37)27(23(15)19(33)4-13)39-10-17(31)8-29)14-3-16-7-22(36)26(38)28(24(16)20(34)5-14)40-11-18(32)9-30/h2-7,12,17-18H,8-11H2,1H3. The van der Waals surface area contributed by atoms with Crippen molar-refractivity contribution in [1.82, 2.24) is 0 Å². The molecule has 0 N–H and O–H groups in total. The predicted octanol–water partition coefficient (Wildman–Crippen LogP) is 13.8. The molecule has 0 aromatic heterocycles. The van der Waals surface area contributed by atoms with Crippen LogP contribution in [0.1, 0.15) is 24.0 Å². The molecule has 4 rings (SSSR count). The summed E-state index contributed by atoms with van der Waals surface area (Å²) in [6.45, 7) is 3.30. The van der Waals surface area contributed by atoms with Gasteiger partial charge in [-0.15, -0.1) is 0 Å². The summed E-state index contributed by atoms with van der Waals surface area (Å²) in [7, 11) is 0. The summed E-state index contributed by atoms with van der Waals surface area (Å²) < 4.78 is 18.2. The topological polar surface area (TPSA) is 18.5 Å². The van der Waals surface area contributed by atoms with Crippen LogP contribution < -0.4 is 9.47 Å². The minimum atomic E-state index is 0.126. The van der Waals surface area contributed by atoms with Crippen LogP contribution in [0.25, 0.3) is 21.5 Å². The molecule has 4 aromatic carbocycles. The van der Waals surface area contributed by atoms with Crippen LogP contribution in [0.5, 0.6) is 11.5 Å².